The molecule has 2 rings (SSSR count). The summed E-state index contributed by atoms with van der Waals surface area (Å²) >= 11 is 0. The molecule has 2 heterocycles. The van der Waals surface area contributed by atoms with Crippen molar-refractivity contribution < 1.29 is 4.52 Å². The van der Waals surface area contributed by atoms with Crippen LogP contribution in [-0.2, 0) is 13.0 Å². The molecule has 0 radical (unpaired) electrons. The Morgan fingerprint density at radius 3 is 2.45 bits per heavy atom. The molecule has 2 N–H and O–H groups in total. The molecule has 0 atom stereocenters. The SMILES string of the molecule is CCCNc1cc(NCc2cc(C)no2)nc(CC)n1. The molecule has 20 heavy (non-hydrogen) atoms. The summed E-state index contributed by atoms with van der Waals surface area (Å²) in [4.78, 5) is 8.91. The van der Waals surface area contributed by atoms with Crippen LogP contribution in [0, 0.1) is 6.92 Å². The predicted octanol–water partition coefficient (Wildman–Crippen LogP) is 2.77. The van der Waals surface area contributed by atoms with Gasteiger partial charge in [0.1, 0.15) is 17.5 Å². The van der Waals surface area contributed by atoms with E-state index in [-0.39, 0.29) is 0 Å². The molecule has 0 aromatic carbocycles. The fourth-order valence-electron chi connectivity index (χ4n) is 1.77. The third-order valence-corrected chi connectivity index (χ3v) is 2.77. The van der Waals surface area contributed by atoms with Crippen molar-refractivity contribution in [3.63, 3.8) is 0 Å². The number of aromatic nitrogens is 3. The van der Waals surface area contributed by atoms with Gasteiger partial charge in [-0.05, 0) is 13.3 Å². The summed E-state index contributed by atoms with van der Waals surface area (Å²) in [7, 11) is 0. The average Bonchev–Trinajstić information content (AvgIpc) is 2.88. The van der Waals surface area contributed by atoms with Gasteiger partial charge < -0.3 is 15.2 Å². The molecule has 0 saturated carbocycles. The quantitative estimate of drug-likeness (QED) is 0.809. The Balaban J connectivity index is 2.05. The standard InChI is InChI=1S/C14H21N5O/c1-4-6-15-13-8-14(18-12(5-2)17-13)16-9-11-7-10(3)19-20-11/h7-8H,4-6,9H2,1-3H3,(H2,15,16,17,18). The van der Waals surface area contributed by atoms with Gasteiger partial charge in [0.25, 0.3) is 0 Å². The summed E-state index contributed by atoms with van der Waals surface area (Å²) in [5.74, 6) is 3.27. The molecule has 0 aliphatic rings. The Kier molecular flexibility index (Phi) is 4.92. The van der Waals surface area contributed by atoms with Crippen molar-refractivity contribution in [2.24, 2.45) is 0 Å². The van der Waals surface area contributed by atoms with Crippen molar-refractivity contribution in [2.75, 3.05) is 17.2 Å². The first-order chi connectivity index (χ1) is 9.71. The molecule has 0 bridgehead atoms. The Morgan fingerprint density at radius 1 is 1.10 bits per heavy atom. The summed E-state index contributed by atoms with van der Waals surface area (Å²) in [6.07, 6.45) is 1.86. The van der Waals surface area contributed by atoms with Gasteiger partial charge in [0, 0.05) is 25.1 Å². The van der Waals surface area contributed by atoms with E-state index in [1.807, 2.05) is 26.0 Å². The van der Waals surface area contributed by atoms with Crippen LogP contribution in [0.4, 0.5) is 11.6 Å². The van der Waals surface area contributed by atoms with Gasteiger partial charge in [-0.1, -0.05) is 19.0 Å². The first-order valence-corrected chi connectivity index (χ1v) is 6.99. The average molecular weight is 275 g/mol. The van der Waals surface area contributed by atoms with Crippen LogP contribution < -0.4 is 10.6 Å². The van der Waals surface area contributed by atoms with Gasteiger partial charge in [-0.3, -0.25) is 0 Å². The number of nitrogens with one attached hydrogen (secondary N) is 2. The van der Waals surface area contributed by atoms with Crippen molar-refractivity contribution >= 4 is 11.6 Å². The molecule has 0 aliphatic heterocycles. The molecule has 0 fully saturated rings. The molecular formula is C14H21N5O. The normalized spacial score (nSPS) is 10.6. The second-order valence-electron chi connectivity index (χ2n) is 4.62. The Morgan fingerprint density at radius 2 is 1.85 bits per heavy atom. The van der Waals surface area contributed by atoms with Gasteiger partial charge in [0.15, 0.2) is 5.76 Å². The molecular weight excluding hydrogens is 254 g/mol. The second-order valence-corrected chi connectivity index (χ2v) is 4.62. The maximum atomic E-state index is 5.17. The summed E-state index contributed by atoms with van der Waals surface area (Å²) in [5, 5.41) is 10.4. The van der Waals surface area contributed by atoms with Crippen LogP contribution in [0.25, 0.3) is 0 Å². The zero-order valence-corrected chi connectivity index (χ0v) is 12.2. The molecule has 6 heteroatoms. The van der Waals surface area contributed by atoms with Crippen LogP contribution in [0.3, 0.4) is 0 Å². The van der Waals surface area contributed by atoms with Crippen molar-refractivity contribution in [3.8, 4) is 0 Å². The second kappa shape index (κ2) is 6.88. The van der Waals surface area contributed by atoms with Gasteiger partial charge in [-0.15, -0.1) is 0 Å². The van der Waals surface area contributed by atoms with Crippen molar-refractivity contribution in [1.82, 2.24) is 15.1 Å². The number of hydrogen-bond donors (Lipinski definition) is 2. The van der Waals surface area contributed by atoms with E-state index in [9.17, 15) is 0 Å². The monoisotopic (exact) mass is 275 g/mol. The zero-order chi connectivity index (χ0) is 14.4. The van der Waals surface area contributed by atoms with Crippen molar-refractivity contribution in [3.05, 3.63) is 29.4 Å². The number of hydrogen-bond acceptors (Lipinski definition) is 6. The Hall–Kier alpha value is -2.11. The highest BCUT2D eigenvalue weighted by atomic mass is 16.5. The van der Waals surface area contributed by atoms with Crippen LogP contribution in [-0.4, -0.2) is 21.7 Å². The van der Waals surface area contributed by atoms with E-state index in [0.29, 0.717) is 6.54 Å². The molecule has 2 aromatic heterocycles. The minimum absolute atomic E-state index is 0.564. The van der Waals surface area contributed by atoms with Gasteiger partial charge >= 0.3 is 0 Å². The van der Waals surface area contributed by atoms with Crippen LogP contribution in [0.1, 0.15) is 37.5 Å². The molecule has 0 aliphatic carbocycles. The van der Waals surface area contributed by atoms with Crippen LogP contribution >= 0.6 is 0 Å². The lowest BCUT2D eigenvalue weighted by Gasteiger charge is -2.09. The van der Waals surface area contributed by atoms with Gasteiger partial charge in [0.05, 0.1) is 12.2 Å². The number of anilines is 2. The summed E-state index contributed by atoms with van der Waals surface area (Å²) < 4.78 is 5.17. The molecule has 0 amide bonds. The fourth-order valence-corrected chi connectivity index (χ4v) is 1.77. The fraction of sp³-hybridized carbons (Fsp3) is 0.500. The maximum absolute atomic E-state index is 5.17. The lowest BCUT2D eigenvalue weighted by molar-refractivity contribution is 0.384. The van der Waals surface area contributed by atoms with E-state index in [0.717, 1.165) is 48.3 Å². The summed E-state index contributed by atoms with van der Waals surface area (Å²) in [6.45, 7) is 7.54. The lowest BCUT2D eigenvalue weighted by Crippen LogP contribution is -2.08. The minimum atomic E-state index is 0.564. The topological polar surface area (TPSA) is 75.9 Å². The predicted molar refractivity (Wildman–Crippen MR) is 78.8 cm³/mol. The highest BCUT2D eigenvalue weighted by Gasteiger charge is 2.05. The molecule has 2 aromatic rings. The molecule has 0 saturated heterocycles. The van der Waals surface area contributed by atoms with Crippen molar-refractivity contribution in [1.29, 1.82) is 0 Å². The van der Waals surface area contributed by atoms with Gasteiger partial charge in [0.2, 0.25) is 0 Å². The van der Waals surface area contributed by atoms with Gasteiger partial charge in [-0.25, -0.2) is 9.97 Å². The van der Waals surface area contributed by atoms with E-state index < -0.39 is 0 Å². The van der Waals surface area contributed by atoms with E-state index in [4.69, 9.17) is 4.52 Å². The van der Waals surface area contributed by atoms with Crippen LogP contribution in [0.15, 0.2) is 16.7 Å². The molecule has 0 spiro atoms. The minimum Gasteiger partial charge on any atom is -0.370 e. The van der Waals surface area contributed by atoms with Crippen LogP contribution in [0.5, 0.6) is 0 Å². The zero-order valence-electron chi connectivity index (χ0n) is 12.2. The first-order valence-electron chi connectivity index (χ1n) is 6.99. The van der Waals surface area contributed by atoms with E-state index >= 15 is 0 Å². The number of nitrogens with zero attached hydrogens (tertiary/aromatic N) is 3. The van der Waals surface area contributed by atoms with E-state index in [2.05, 4.69) is 32.7 Å². The molecule has 0 unspecified atom stereocenters. The third-order valence-electron chi connectivity index (χ3n) is 2.77. The largest absolute Gasteiger partial charge is 0.370 e. The summed E-state index contributed by atoms with van der Waals surface area (Å²) in [6, 6.07) is 3.82. The van der Waals surface area contributed by atoms with E-state index in [1.54, 1.807) is 0 Å². The maximum Gasteiger partial charge on any atom is 0.156 e. The number of aryl methyl sites for hydroxylation is 2. The van der Waals surface area contributed by atoms with Crippen molar-refractivity contribution in [2.45, 2.75) is 40.2 Å². The molecule has 6 nitrogen and oxygen atoms in total. The summed E-state index contributed by atoms with van der Waals surface area (Å²) in [5.41, 5.74) is 0.879. The Bertz CT molecular complexity index is 552. The highest BCUT2D eigenvalue weighted by molar-refractivity contribution is 5.47. The Labute approximate surface area is 119 Å². The highest BCUT2D eigenvalue weighted by Crippen LogP contribution is 2.13. The smallest absolute Gasteiger partial charge is 0.156 e. The van der Waals surface area contributed by atoms with Gasteiger partial charge in [-0.2, -0.15) is 0 Å². The molecule has 108 valence electrons. The first kappa shape index (κ1) is 14.3. The van der Waals surface area contributed by atoms with E-state index in [1.165, 1.54) is 0 Å². The van der Waals surface area contributed by atoms with Crippen LogP contribution in [0.2, 0.25) is 0 Å². The third kappa shape index (κ3) is 3.94. The number of rotatable bonds is 7. The lowest BCUT2D eigenvalue weighted by atomic mass is 10.3.